The molecule has 0 N–H and O–H groups in total. The average molecular weight is 145 g/mol. The van der Waals surface area contributed by atoms with Gasteiger partial charge in [0.05, 0.1) is 6.61 Å². The van der Waals surface area contributed by atoms with Gasteiger partial charge in [0.2, 0.25) is 0 Å². The van der Waals surface area contributed by atoms with Crippen LogP contribution in [0.25, 0.3) is 0 Å². The van der Waals surface area contributed by atoms with Crippen LogP contribution in [0.3, 0.4) is 0 Å². The predicted octanol–water partition coefficient (Wildman–Crippen LogP) is 0.739. The van der Waals surface area contributed by atoms with E-state index in [9.17, 15) is 0 Å². The summed E-state index contributed by atoms with van der Waals surface area (Å²) in [6.45, 7) is 5.42. The molecule has 2 fully saturated rings. The van der Waals surface area contributed by atoms with Gasteiger partial charge in [0.15, 0.2) is 5.06 Å². The lowest BCUT2D eigenvalue weighted by atomic mass is 10.5. The van der Waals surface area contributed by atoms with E-state index in [1.807, 2.05) is 11.8 Å². The van der Waals surface area contributed by atoms with E-state index in [2.05, 4.69) is 11.8 Å². The number of ether oxygens (including phenoxy) is 1. The lowest BCUT2D eigenvalue weighted by Gasteiger charge is -2.23. The zero-order chi connectivity index (χ0) is 6.32. The second-order valence-electron chi connectivity index (χ2n) is 2.58. The Morgan fingerprint density at radius 3 is 3.22 bits per heavy atom. The summed E-state index contributed by atoms with van der Waals surface area (Å²) >= 11 is 1.92. The number of rotatable bonds is 0. The second kappa shape index (κ2) is 1.87. The highest BCUT2D eigenvalue weighted by molar-refractivity contribution is 8.00. The van der Waals surface area contributed by atoms with Crippen LogP contribution in [0.15, 0.2) is 0 Å². The second-order valence-corrected chi connectivity index (χ2v) is 4.04. The van der Waals surface area contributed by atoms with Crippen molar-refractivity contribution in [2.75, 3.05) is 25.4 Å². The fraction of sp³-hybridized carbons (Fsp3) is 1.00. The van der Waals surface area contributed by atoms with Gasteiger partial charge in [-0.3, -0.25) is 4.90 Å². The number of hydrogen-bond acceptors (Lipinski definition) is 3. The standard InChI is InChI=1S/C6H11NOS/c1-6-7(2-4-8-6)3-5-9-6/h2-5H2,1H3/t6-/m1/s1. The van der Waals surface area contributed by atoms with Crippen LogP contribution in [-0.2, 0) is 4.74 Å². The summed E-state index contributed by atoms with van der Waals surface area (Å²) in [6.07, 6.45) is 0. The predicted molar refractivity (Wildman–Crippen MR) is 38.4 cm³/mol. The molecule has 2 heterocycles. The summed E-state index contributed by atoms with van der Waals surface area (Å²) in [6, 6.07) is 0. The van der Waals surface area contributed by atoms with Crippen molar-refractivity contribution in [2.24, 2.45) is 0 Å². The van der Waals surface area contributed by atoms with Crippen LogP contribution in [0.5, 0.6) is 0 Å². The molecule has 0 amide bonds. The van der Waals surface area contributed by atoms with Crippen LogP contribution < -0.4 is 0 Å². The molecular formula is C6H11NOS. The molecule has 2 rings (SSSR count). The van der Waals surface area contributed by atoms with Gasteiger partial charge in [-0.2, -0.15) is 0 Å². The van der Waals surface area contributed by atoms with Gasteiger partial charge < -0.3 is 4.74 Å². The van der Waals surface area contributed by atoms with Crippen LogP contribution >= 0.6 is 11.8 Å². The minimum Gasteiger partial charge on any atom is -0.350 e. The lowest BCUT2D eigenvalue weighted by Crippen LogP contribution is -2.33. The van der Waals surface area contributed by atoms with Gasteiger partial charge >= 0.3 is 0 Å². The van der Waals surface area contributed by atoms with E-state index >= 15 is 0 Å². The highest BCUT2D eigenvalue weighted by atomic mass is 32.2. The first-order valence-electron chi connectivity index (χ1n) is 3.34. The van der Waals surface area contributed by atoms with E-state index in [-0.39, 0.29) is 5.06 Å². The maximum Gasteiger partial charge on any atom is 0.167 e. The average Bonchev–Trinajstić information content (AvgIpc) is 2.22. The Balaban J connectivity index is 2.17. The van der Waals surface area contributed by atoms with Crippen LogP contribution in [-0.4, -0.2) is 35.4 Å². The highest BCUT2D eigenvalue weighted by Gasteiger charge is 2.42. The number of thioether (sulfide) groups is 1. The Bertz CT molecular complexity index is 118. The highest BCUT2D eigenvalue weighted by Crippen LogP contribution is 2.39. The molecule has 2 aliphatic rings. The smallest absolute Gasteiger partial charge is 0.167 e. The van der Waals surface area contributed by atoms with Crippen molar-refractivity contribution in [3.05, 3.63) is 0 Å². The summed E-state index contributed by atoms with van der Waals surface area (Å²) in [7, 11) is 0. The molecule has 9 heavy (non-hydrogen) atoms. The van der Waals surface area contributed by atoms with Gasteiger partial charge in [-0.05, 0) is 6.92 Å². The van der Waals surface area contributed by atoms with Gasteiger partial charge in [0.25, 0.3) is 0 Å². The molecule has 0 aromatic heterocycles. The van der Waals surface area contributed by atoms with E-state index in [0.29, 0.717) is 0 Å². The summed E-state index contributed by atoms with van der Waals surface area (Å²) in [5, 5.41) is 0.0556. The Kier molecular flexibility index (Phi) is 1.25. The molecule has 2 saturated heterocycles. The largest absolute Gasteiger partial charge is 0.350 e. The third kappa shape index (κ3) is 0.791. The molecule has 0 spiro atoms. The Morgan fingerprint density at radius 1 is 1.56 bits per heavy atom. The molecule has 1 atom stereocenters. The molecule has 0 saturated carbocycles. The molecule has 52 valence electrons. The van der Waals surface area contributed by atoms with Gasteiger partial charge in [0, 0.05) is 18.8 Å². The molecule has 0 bridgehead atoms. The minimum atomic E-state index is 0.0556. The first-order chi connectivity index (χ1) is 4.31. The number of fused-ring (bicyclic) bond motifs is 1. The summed E-state index contributed by atoms with van der Waals surface area (Å²) in [5.74, 6) is 1.23. The molecule has 0 aromatic carbocycles. The van der Waals surface area contributed by atoms with Crippen molar-refractivity contribution in [3.8, 4) is 0 Å². The van der Waals surface area contributed by atoms with Gasteiger partial charge in [-0.15, -0.1) is 11.8 Å². The third-order valence-electron chi connectivity index (χ3n) is 2.04. The van der Waals surface area contributed by atoms with Crippen molar-refractivity contribution in [1.29, 1.82) is 0 Å². The molecule has 0 unspecified atom stereocenters. The first kappa shape index (κ1) is 6.01. The van der Waals surface area contributed by atoms with Gasteiger partial charge in [-0.25, -0.2) is 0 Å². The maximum atomic E-state index is 5.55. The first-order valence-corrected chi connectivity index (χ1v) is 4.33. The van der Waals surface area contributed by atoms with Crippen LogP contribution in [0.1, 0.15) is 6.92 Å². The van der Waals surface area contributed by atoms with E-state index < -0.39 is 0 Å². The van der Waals surface area contributed by atoms with E-state index in [1.54, 1.807) is 0 Å². The Morgan fingerprint density at radius 2 is 2.44 bits per heavy atom. The summed E-state index contributed by atoms with van der Waals surface area (Å²) < 4.78 is 5.55. The number of hydrogen-bond donors (Lipinski definition) is 0. The SMILES string of the molecule is C[C@]12OCCN1CCS2. The molecule has 0 radical (unpaired) electrons. The summed E-state index contributed by atoms with van der Waals surface area (Å²) in [4.78, 5) is 2.40. The van der Waals surface area contributed by atoms with Crippen LogP contribution in [0.4, 0.5) is 0 Å². The van der Waals surface area contributed by atoms with Gasteiger partial charge in [-0.1, -0.05) is 0 Å². The molecule has 0 aromatic rings. The normalized spacial score (nSPS) is 43.7. The van der Waals surface area contributed by atoms with Crippen molar-refractivity contribution in [1.82, 2.24) is 4.90 Å². The maximum absolute atomic E-state index is 5.55. The zero-order valence-corrected chi connectivity index (χ0v) is 6.41. The minimum absolute atomic E-state index is 0.0556. The van der Waals surface area contributed by atoms with Crippen molar-refractivity contribution < 1.29 is 4.74 Å². The Hall–Kier alpha value is 0.270. The van der Waals surface area contributed by atoms with Crippen molar-refractivity contribution in [2.45, 2.75) is 12.0 Å². The number of nitrogens with zero attached hydrogens (tertiary/aromatic N) is 1. The molecule has 2 nitrogen and oxygen atoms in total. The molecular weight excluding hydrogens is 134 g/mol. The Labute approximate surface area is 59.5 Å². The quantitative estimate of drug-likeness (QED) is 0.499. The topological polar surface area (TPSA) is 12.5 Å². The molecule has 0 aliphatic carbocycles. The molecule has 3 heteroatoms. The van der Waals surface area contributed by atoms with E-state index in [4.69, 9.17) is 4.74 Å². The third-order valence-corrected chi connectivity index (χ3v) is 3.33. The lowest BCUT2D eigenvalue weighted by molar-refractivity contribution is 0.0282. The van der Waals surface area contributed by atoms with Crippen LogP contribution in [0, 0.1) is 0 Å². The van der Waals surface area contributed by atoms with E-state index in [0.717, 1.165) is 13.2 Å². The fourth-order valence-electron chi connectivity index (χ4n) is 1.43. The monoisotopic (exact) mass is 145 g/mol. The summed E-state index contributed by atoms with van der Waals surface area (Å²) in [5.41, 5.74) is 0. The fourth-order valence-corrected chi connectivity index (χ4v) is 2.65. The van der Waals surface area contributed by atoms with Crippen LogP contribution in [0.2, 0.25) is 0 Å². The zero-order valence-electron chi connectivity index (χ0n) is 5.59. The van der Waals surface area contributed by atoms with Crippen molar-refractivity contribution >= 4 is 11.8 Å². The van der Waals surface area contributed by atoms with Gasteiger partial charge in [0.1, 0.15) is 0 Å². The van der Waals surface area contributed by atoms with E-state index in [1.165, 1.54) is 12.3 Å². The molecule has 2 aliphatic heterocycles. The van der Waals surface area contributed by atoms with Crippen molar-refractivity contribution in [3.63, 3.8) is 0 Å².